The number of rotatable bonds is 3. The maximum absolute atomic E-state index is 14.5. The summed E-state index contributed by atoms with van der Waals surface area (Å²) in [6.45, 7) is 3.03. The van der Waals surface area contributed by atoms with Crippen LogP contribution in [0.5, 0.6) is 0 Å². The molecule has 4 nitrogen and oxygen atoms in total. The molecule has 0 spiro atoms. The van der Waals surface area contributed by atoms with Crippen molar-refractivity contribution in [1.82, 2.24) is 9.88 Å². The summed E-state index contributed by atoms with van der Waals surface area (Å²) in [5.41, 5.74) is 1.75. The van der Waals surface area contributed by atoms with Gasteiger partial charge in [0.15, 0.2) is 0 Å². The maximum Gasteiger partial charge on any atom is 0.256 e. The molecule has 1 aromatic heterocycles. The Morgan fingerprint density at radius 2 is 2.00 bits per heavy atom. The molecule has 0 N–H and O–H groups in total. The molecular weight excluding hydrogens is 312 g/mol. The Bertz CT molecular complexity index is 829. The molecule has 2 aromatic rings. The van der Waals surface area contributed by atoms with E-state index in [2.05, 4.69) is 9.98 Å². The van der Waals surface area contributed by atoms with Gasteiger partial charge in [0.1, 0.15) is 11.6 Å². The van der Waals surface area contributed by atoms with Crippen LogP contribution in [0.15, 0.2) is 29.4 Å². The van der Waals surface area contributed by atoms with Crippen LogP contribution < -0.4 is 0 Å². The molecule has 0 atom stereocenters. The van der Waals surface area contributed by atoms with Crippen LogP contribution in [0.2, 0.25) is 0 Å². The van der Waals surface area contributed by atoms with E-state index in [9.17, 15) is 13.6 Å². The third-order valence-corrected chi connectivity index (χ3v) is 4.12. The van der Waals surface area contributed by atoms with Gasteiger partial charge >= 0.3 is 0 Å². The highest BCUT2D eigenvalue weighted by molar-refractivity contribution is 5.95. The van der Waals surface area contributed by atoms with Crippen molar-refractivity contribution in [3.8, 4) is 11.3 Å². The first-order valence-electron chi connectivity index (χ1n) is 7.68. The van der Waals surface area contributed by atoms with Crippen LogP contribution >= 0.6 is 0 Å². The Hall–Kier alpha value is -2.63. The molecule has 0 bridgehead atoms. The van der Waals surface area contributed by atoms with Crippen LogP contribution in [0, 0.1) is 18.6 Å². The molecular formula is C18H17F2N3O. The van der Waals surface area contributed by atoms with E-state index in [1.165, 1.54) is 4.90 Å². The van der Waals surface area contributed by atoms with Crippen LogP contribution in [0.1, 0.15) is 27.9 Å². The molecule has 6 heteroatoms. The lowest BCUT2D eigenvalue weighted by atomic mass is 10.0. The lowest BCUT2D eigenvalue weighted by Gasteiger charge is -2.31. The molecule has 1 aliphatic rings. The lowest BCUT2D eigenvalue weighted by molar-refractivity contribution is 0.0646. The highest BCUT2D eigenvalue weighted by Gasteiger charge is 2.25. The fraction of sp³-hybridized carbons (Fsp3) is 0.278. The van der Waals surface area contributed by atoms with Crippen molar-refractivity contribution < 1.29 is 13.6 Å². The van der Waals surface area contributed by atoms with E-state index in [1.54, 1.807) is 25.5 Å². The van der Waals surface area contributed by atoms with Gasteiger partial charge in [-0.3, -0.25) is 14.8 Å². The minimum atomic E-state index is -0.739. The molecule has 1 aliphatic heterocycles. The van der Waals surface area contributed by atoms with Gasteiger partial charge in [-0.2, -0.15) is 0 Å². The van der Waals surface area contributed by atoms with E-state index in [0.717, 1.165) is 29.7 Å². The number of carbonyl (C=O) groups excluding carboxylic acids is 1. The summed E-state index contributed by atoms with van der Waals surface area (Å²) >= 11 is 0. The quantitative estimate of drug-likeness (QED) is 0.812. The number of carbonyl (C=O) groups is 1. The summed E-state index contributed by atoms with van der Waals surface area (Å²) in [6.07, 6.45) is 4.11. The van der Waals surface area contributed by atoms with Gasteiger partial charge in [0, 0.05) is 38.1 Å². The SMILES string of the molecule is CN=Cc1cc(-c2cc(F)c(C(=O)N3CCC3)cc2F)ncc1C. The van der Waals surface area contributed by atoms with Gasteiger partial charge in [-0.15, -0.1) is 0 Å². The first-order valence-corrected chi connectivity index (χ1v) is 7.68. The van der Waals surface area contributed by atoms with Gasteiger partial charge in [0.25, 0.3) is 5.91 Å². The van der Waals surface area contributed by atoms with E-state index in [-0.39, 0.29) is 11.1 Å². The number of hydrogen-bond donors (Lipinski definition) is 0. The molecule has 0 radical (unpaired) electrons. The van der Waals surface area contributed by atoms with Gasteiger partial charge in [-0.25, -0.2) is 8.78 Å². The number of likely N-dealkylation sites (tertiary alicyclic amines) is 1. The average Bonchev–Trinajstić information content (AvgIpc) is 2.50. The van der Waals surface area contributed by atoms with E-state index in [0.29, 0.717) is 18.8 Å². The van der Waals surface area contributed by atoms with Crippen molar-refractivity contribution in [2.75, 3.05) is 20.1 Å². The summed E-state index contributed by atoms with van der Waals surface area (Å²) in [6, 6.07) is 3.64. The van der Waals surface area contributed by atoms with Crippen LogP contribution in [0.25, 0.3) is 11.3 Å². The van der Waals surface area contributed by atoms with E-state index in [4.69, 9.17) is 0 Å². The third-order valence-electron chi connectivity index (χ3n) is 4.12. The highest BCUT2D eigenvalue weighted by atomic mass is 19.1. The summed E-state index contributed by atoms with van der Waals surface area (Å²) in [7, 11) is 1.63. The Labute approximate surface area is 138 Å². The highest BCUT2D eigenvalue weighted by Crippen LogP contribution is 2.26. The molecule has 124 valence electrons. The van der Waals surface area contributed by atoms with Gasteiger partial charge in [0.05, 0.1) is 11.3 Å². The number of aromatic nitrogens is 1. The number of aliphatic imine (C=N–C) groups is 1. The van der Waals surface area contributed by atoms with Crippen LogP contribution in [0.4, 0.5) is 8.78 Å². The van der Waals surface area contributed by atoms with Crippen molar-refractivity contribution in [2.24, 2.45) is 4.99 Å². The zero-order valence-corrected chi connectivity index (χ0v) is 13.5. The Morgan fingerprint density at radius 3 is 2.62 bits per heavy atom. The van der Waals surface area contributed by atoms with E-state index >= 15 is 0 Å². The van der Waals surface area contributed by atoms with Crippen molar-refractivity contribution in [2.45, 2.75) is 13.3 Å². The predicted molar refractivity (Wildman–Crippen MR) is 88.4 cm³/mol. The number of nitrogens with zero attached hydrogens (tertiary/aromatic N) is 3. The van der Waals surface area contributed by atoms with Crippen molar-refractivity contribution in [3.63, 3.8) is 0 Å². The fourth-order valence-corrected chi connectivity index (χ4v) is 2.56. The Morgan fingerprint density at radius 1 is 1.25 bits per heavy atom. The monoisotopic (exact) mass is 329 g/mol. The molecule has 0 saturated carbocycles. The molecule has 24 heavy (non-hydrogen) atoms. The van der Waals surface area contributed by atoms with Gasteiger partial charge in [-0.05, 0) is 42.7 Å². The van der Waals surface area contributed by atoms with E-state index < -0.39 is 17.5 Å². The molecule has 1 fully saturated rings. The standard InChI is InChI=1S/C18H17F2N3O/c1-11-9-22-17(6-12(11)10-21-2)13-7-16(20)14(8-15(13)19)18(24)23-4-3-5-23/h6-10H,3-5H2,1-2H3. The average molecular weight is 329 g/mol. The minimum Gasteiger partial charge on any atom is -0.338 e. The third kappa shape index (κ3) is 2.91. The van der Waals surface area contributed by atoms with Gasteiger partial charge in [-0.1, -0.05) is 0 Å². The Kier molecular flexibility index (Phi) is 4.38. The molecule has 1 saturated heterocycles. The number of hydrogen-bond acceptors (Lipinski definition) is 3. The van der Waals surface area contributed by atoms with Crippen molar-refractivity contribution in [3.05, 3.63) is 52.7 Å². The van der Waals surface area contributed by atoms with Gasteiger partial charge < -0.3 is 4.90 Å². The topological polar surface area (TPSA) is 45.6 Å². The summed E-state index contributed by atoms with van der Waals surface area (Å²) in [4.78, 5) is 21.7. The summed E-state index contributed by atoms with van der Waals surface area (Å²) in [5.74, 6) is -1.88. The zero-order chi connectivity index (χ0) is 17.3. The summed E-state index contributed by atoms with van der Waals surface area (Å²) in [5, 5.41) is 0. The second-order valence-corrected chi connectivity index (χ2v) is 5.77. The van der Waals surface area contributed by atoms with Crippen molar-refractivity contribution >= 4 is 12.1 Å². The fourth-order valence-electron chi connectivity index (χ4n) is 2.56. The largest absolute Gasteiger partial charge is 0.338 e. The Balaban J connectivity index is 2.02. The normalized spacial score (nSPS) is 14.1. The number of amides is 1. The van der Waals surface area contributed by atoms with Crippen LogP contribution in [0.3, 0.4) is 0 Å². The minimum absolute atomic E-state index is 0.0263. The maximum atomic E-state index is 14.5. The first kappa shape index (κ1) is 16.2. The van der Waals surface area contributed by atoms with Crippen LogP contribution in [-0.4, -0.2) is 42.1 Å². The molecule has 3 rings (SSSR count). The molecule has 0 aliphatic carbocycles. The lowest BCUT2D eigenvalue weighted by Crippen LogP contribution is -2.42. The van der Waals surface area contributed by atoms with Gasteiger partial charge in [0.2, 0.25) is 0 Å². The number of pyridine rings is 1. The smallest absolute Gasteiger partial charge is 0.256 e. The second kappa shape index (κ2) is 6.47. The number of aryl methyl sites for hydroxylation is 1. The summed E-state index contributed by atoms with van der Waals surface area (Å²) < 4.78 is 28.8. The molecule has 2 heterocycles. The molecule has 1 aromatic carbocycles. The number of halogens is 2. The van der Waals surface area contributed by atoms with E-state index in [1.807, 2.05) is 6.92 Å². The first-order chi connectivity index (χ1) is 11.5. The zero-order valence-electron chi connectivity index (χ0n) is 13.5. The van der Waals surface area contributed by atoms with Crippen LogP contribution in [-0.2, 0) is 0 Å². The van der Waals surface area contributed by atoms with Crippen molar-refractivity contribution in [1.29, 1.82) is 0 Å². The molecule has 1 amide bonds. The number of benzene rings is 1. The molecule has 0 unspecified atom stereocenters. The second-order valence-electron chi connectivity index (χ2n) is 5.77. The predicted octanol–water partition coefficient (Wildman–Crippen LogP) is 3.23.